The van der Waals surface area contributed by atoms with E-state index in [1.54, 1.807) is 6.07 Å². The molecule has 0 atom stereocenters. The Morgan fingerprint density at radius 3 is 2.53 bits per heavy atom. The molecule has 19 heavy (non-hydrogen) atoms. The van der Waals surface area contributed by atoms with Crippen molar-refractivity contribution in [2.24, 2.45) is 0 Å². The molecule has 1 saturated heterocycles. The summed E-state index contributed by atoms with van der Waals surface area (Å²) in [7, 11) is 0. The van der Waals surface area contributed by atoms with Crippen molar-refractivity contribution < 1.29 is 22.8 Å². The first-order chi connectivity index (χ1) is 8.86. The first-order valence-corrected chi connectivity index (χ1v) is 5.82. The van der Waals surface area contributed by atoms with Gasteiger partial charge in [-0.05, 0) is 18.1 Å². The van der Waals surface area contributed by atoms with E-state index in [9.17, 15) is 22.8 Å². The second-order valence-electron chi connectivity index (χ2n) is 4.48. The highest BCUT2D eigenvalue weighted by molar-refractivity contribution is 6.05. The summed E-state index contributed by atoms with van der Waals surface area (Å²) in [6, 6.07) is 5.00. The van der Waals surface area contributed by atoms with Crippen molar-refractivity contribution in [1.29, 1.82) is 0 Å². The standard InChI is InChI=1S/C13H12F3NO2/c14-13(15,16)10-3-1-2-9(6-10)4-5-17-8-11(18)7-12(17)19/h1-3,6H,4-5,7-8H2. The third-order valence-electron chi connectivity index (χ3n) is 2.99. The molecule has 2 rings (SSSR count). The van der Waals surface area contributed by atoms with Gasteiger partial charge in [-0.3, -0.25) is 9.59 Å². The average molecular weight is 271 g/mol. The molecule has 1 amide bonds. The van der Waals surface area contributed by atoms with Crippen LogP contribution in [0.1, 0.15) is 17.5 Å². The van der Waals surface area contributed by atoms with Crippen LogP contribution in [0.5, 0.6) is 0 Å². The summed E-state index contributed by atoms with van der Waals surface area (Å²) in [6.45, 7) is 0.337. The van der Waals surface area contributed by atoms with E-state index in [2.05, 4.69) is 0 Å². The molecule has 0 N–H and O–H groups in total. The number of rotatable bonds is 3. The van der Waals surface area contributed by atoms with E-state index in [0.717, 1.165) is 12.1 Å². The van der Waals surface area contributed by atoms with Crippen LogP contribution in [0.4, 0.5) is 13.2 Å². The van der Waals surface area contributed by atoms with Gasteiger partial charge in [0.2, 0.25) is 5.91 Å². The lowest BCUT2D eigenvalue weighted by Gasteiger charge is -2.15. The first kappa shape index (κ1) is 13.6. The number of likely N-dealkylation sites (tertiary alicyclic amines) is 1. The van der Waals surface area contributed by atoms with Crippen LogP contribution in [0, 0.1) is 0 Å². The van der Waals surface area contributed by atoms with Gasteiger partial charge in [0.15, 0.2) is 5.78 Å². The molecule has 1 fully saturated rings. The Labute approximate surface area is 108 Å². The minimum atomic E-state index is -4.37. The third kappa shape index (κ3) is 3.33. The number of hydrogen-bond acceptors (Lipinski definition) is 2. The Kier molecular flexibility index (Phi) is 3.59. The molecule has 1 heterocycles. The molecule has 0 unspecified atom stereocenters. The summed E-state index contributed by atoms with van der Waals surface area (Å²) in [6.07, 6.45) is -4.15. The molecular formula is C13H12F3NO2. The van der Waals surface area contributed by atoms with Crippen LogP contribution in [0.15, 0.2) is 24.3 Å². The van der Waals surface area contributed by atoms with E-state index in [-0.39, 0.29) is 31.2 Å². The zero-order valence-corrected chi connectivity index (χ0v) is 10.0. The van der Waals surface area contributed by atoms with Crippen LogP contribution in [0.3, 0.4) is 0 Å². The maximum Gasteiger partial charge on any atom is 0.416 e. The van der Waals surface area contributed by atoms with Crippen molar-refractivity contribution in [2.45, 2.75) is 19.0 Å². The molecule has 6 heteroatoms. The predicted molar refractivity (Wildman–Crippen MR) is 61.4 cm³/mol. The van der Waals surface area contributed by atoms with Gasteiger partial charge in [0.1, 0.15) is 0 Å². The lowest BCUT2D eigenvalue weighted by molar-refractivity contribution is -0.137. The van der Waals surface area contributed by atoms with Crippen LogP contribution >= 0.6 is 0 Å². The molecule has 0 aliphatic carbocycles. The minimum absolute atomic E-state index is 0.0673. The van der Waals surface area contributed by atoms with Crippen molar-refractivity contribution >= 4 is 11.7 Å². The van der Waals surface area contributed by atoms with Gasteiger partial charge < -0.3 is 4.90 Å². The first-order valence-electron chi connectivity index (χ1n) is 5.82. The highest BCUT2D eigenvalue weighted by Crippen LogP contribution is 2.29. The van der Waals surface area contributed by atoms with Gasteiger partial charge in [-0.1, -0.05) is 18.2 Å². The molecule has 0 spiro atoms. The lowest BCUT2D eigenvalue weighted by Crippen LogP contribution is -2.27. The third-order valence-corrected chi connectivity index (χ3v) is 2.99. The molecule has 3 nitrogen and oxygen atoms in total. The van der Waals surface area contributed by atoms with E-state index in [1.165, 1.54) is 11.0 Å². The zero-order valence-electron chi connectivity index (χ0n) is 10.0. The van der Waals surface area contributed by atoms with E-state index in [0.29, 0.717) is 12.0 Å². The summed E-state index contributed by atoms with van der Waals surface area (Å²) in [5, 5.41) is 0. The zero-order chi connectivity index (χ0) is 14.0. The number of ketones is 1. The molecule has 0 saturated carbocycles. The molecule has 1 aliphatic rings. The van der Waals surface area contributed by atoms with E-state index >= 15 is 0 Å². The normalized spacial score (nSPS) is 16.3. The number of hydrogen-bond donors (Lipinski definition) is 0. The fraction of sp³-hybridized carbons (Fsp3) is 0.385. The number of Topliss-reactive ketones (excluding diaryl/α,β-unsaturated/α-hetero) is 1. The summed E-state index contributed by atoms with van der Waals surface area (Å²) in [5.41, 5.74) is -0.198. The maximum atomic E-state index is 12.5. The molecule has 0 aromatic heterocycles. The molecule has 1 aromatic carbocycles. The number of carbonyl (C=O) groups is 2. The van der Waals surface area contributed by atoms with E-state index in [1.807, 2.05) is 0 Å². The number of amides is 1. The van der Waals surface area contributed by atoms with Crippen LogP contribution in [-0.4, -0.2) is 29.7 Å². The quantitative estimate of drug-likeness (QED) is 0.789. The smallest absolute Gasteiger partial charge is 0.335 e. The van der Waals surface area contributed by atoms with Crippen LogP contribution < -0.4 is 0 Å². The van der Waals surface area contributed by atoms with Gasteiger partial charge in [-0.15, -0.1) is 0 Å². The highest BCUT2D eigenvalue weighted by Gasteiger charge is 2.30. The van der Waals surface area contributed by atoms with Gasteiger partial charge in [0.25, 0.3) is 0 Å². The minimum Gasteiger partial charge on any atom is -0.335 e. The average Bonchev–Trinajstić information content (AvgIpc) is 2.64. The topological polar surface area (TPSA) is 37.4 Å². The van der Waals surface area contributed by atoms with Crippen LogP contribution in [0.2, 0.25) is 0 Å². The molecule has 1 aromatic rings. The Hall–Kier alpha value is -1.85. The number of nitrogens with zero attached hydrogens (tertiary/aromatic N) is 1. The van der Waals surface area contributed by atoms with E-state index < -0.39 is 11.7 Å². The van der Waals surface area contributed by atoms with Gasteiger partial charge in [0.05, 0.1) is 18.5 Å². The summed E-state index contributed by atoms with van der Waals surface area (Å²) >= 11 is 0. The SMILES string of the molecule is O=C1CC(=O)N(CCc2cccc(C(F)(F)F)c2)C1. The van der Waals surface area contributed by atoms with Gasteiger partial charge >= 0.3 is 6.18 Å². The monoisotopic (exact) mass is 271 g/mol. The number of carbonyl (C=O) groups excluding carboxylic acids is 2. The van der Waals surface area contributed by atoms with E-state index in [4.69, 9.17) is 0 Å². The Balaban J connectivity index is 2.00. The number of halogens is 3. The van der Waals surface area contributed by atoms with Gasteiger partial charge in [-0.25, -0.2) is 0 Å². The van der Waals surface area contributed by atoms with Crippen LogP contribution in [-0.2, 0) is 22.2 Å². The second kappa shape index (κ2) is 5.03. The summed E-state index contributed by atoms with van der Waals surface area (Å²) in [4.78, 5) is 23.8. The van der Waals surface area contributed by atoms with Gasteiger partial charge in [0, 0.05) is 6.54 Å². The number of benzene rings is 1. The molecule has 0 radical (unpaired) electrons. The Bertz CT molecular complexity index is 511. The van der Waals surface area contributed by atoms with Crippen LogP contribution in [0.25, 0.3) is 0 Å². The second-order valence-corrected chi connectivity index (χ2v) is 4.48. The van der Waals surface area contributed by atoms with Crippen molar-refractivity contribution in [2.75, 3.05) is 13.1 Å². The maximum absolute atomic E-state index is 12.5. The summed E-state index contributed by atoms with van der Waals surface area (Å²) in [5.74, 6) is -0.397. The van der Waals surface area contributed by atoms with Gasteiger partial charge in [-0.2, -0.15) is 13.2 Å². The van der Waals surface area contributed by atoms with Crippen molar-refractivity contribution in [3.63, 3.8) is 0 Å². The molecule has 1 aliphatic heterocycles. The molecular weight excluding hydrogens is 259 g/mol. The fourth-order valence-electron chi connectivity index (χ4n) is 2.01. The lowest BCUT2D eigenvalue weighted by atomic mass is 10.1. The largest absolute Gasteiger partial charge is 0.416 e. The highest BCUT2D eigenvalue weighted by atomic mass is 19.4. The van der Waals surface area contributed by atoms with Crippen molar-refractivity contribution in [3.8, 4) is 0 Å². The molecule has 0 bridgehead atoms. The Morgan fingerprint density at radius 2 is 1.95 bits per heavy atom. The van der Waals surface area contributed by atoms with Crippen molar-refractivity contribution in [1.82, 2.24) is 4.90 Å². The fourth-order valence-corrected chi connectivity index (χ4v) is 2.01. The Morgan fingerprint density at radius 1 is 1.21 bits per heavy atom. The van der Waals surface area contributed by atoms with Crippen molar-refractivity contribution in [3.05, 3.63) is 35.4 Å². The molecule has 102 valence electrons. The summed E-state index contributed by atoms with van der Waals surface area (Å²) < 4.78 is 37.5. The number of alkyl halides is 3. The predicted octanol–water partition coefficient (Wildman–Crippen LogP) is 2.05.